The van der Waals surface area contributed by atoms with Gasteiger partial charge in [-0.1, -0.05) is 24.3 Å². The van der Waals surface area contributed by atoms with Gasteiger partial charge in [0.05, 0.1) is 0 Å². The number of tetrazole rings is 1. The molecular formula is C18H18FN5. The van der Waals surface area contributed by atoms with E-state index in [0.29, 0.717) is 12.2 Å². The Labute approximate surface area is 139 Å². The predicted octanol–water partition coefficient (Wildman–Crippen LogP) is 3.10. The topological polar surface area (TPSA) is 46.3 Å². The standard InChI is InChI=1S/C18H18FN5/c1-3-9-23(10-4-2)12-16-11-15(13-24-18(16)20-21-22-24)14-5-7-17(19)8-6-14/h3-8,11,13H,1-2,9-10,12H2. The Hall–Kier alpha value is -2.86. The van der Waals surface area contributed by atoms with Crippen molar-refractivity contribution in [3.8, 4) is 11.1 Å². The fraction of sp³-hybridized carbons (Fsp3) is 0.167. The van der Waals surface area contributed by atoms with Gasteiger partial charge in [-0.05, 0) is 34.2 Å². The van der Waals surface area contributed by atoms with Crippen molar-refractivity contribution in [1.29, 1.82) is 0 Å². The summed E-state index contributed by atoms with van der Waals surface area (Å²) in [7, 11) is 0. The highest BCUT2D eigenvalue weighted by atomic mass is 19.1. The van der Waals surface area contributed by atoms with E-state index in [-0.39, 0.29) is 5.82 Å². The quantitative estimate of drug-likeness (QED) is 0.627. The van der Waals surface area contributed by atoms with Crippen LogP contribution in [0.1, 0.15) is 5.56 Å². The molecule has 0 saturated carbocycles. The minimum atomic E-state index is -0.259. The maximum absolute atomic E-state index is 13.2. The van der Waals surface area contributed by atoms with Gasteiger partial charge in [-0.15, -0.1) is 18.3 Å². The molecular weight excluding hydrogens is 305 g/mol. The maximum Gasteiger partial charge on any atom is 0.183 e. The molecule has 0 aliphatic rings. The van der Waals surface area contributed by atoms with Crippen molar-refractivity contribution in [2.24, 2.45) is 0 Å². The van der Waals surface area contributed by atoms with Crippen LogP contribution >= 0.6 is 0 Å². The van der Waals surface area contributed by atoms with Crippen LogP contribution in [0.4, 0.5) is 4.39 Å². The summed E-state index contributed by atoms with van der Waals surface area (Å²) < 4.78 is 14.8. The molecule has 0 spiro atoms. The number of fused-ring (bicyclic) bond motifs is 1. The number of hydrogen-bond acceptors (Lipinski definition) is 4. The normalized spacial score (nSPS) is 11.1. The van der Waals surface area contributed by atoms with Gasteiger partial charge >= 0.3 is 0 Å². The number of nitrogens with zero attached hydrogens (tertiary/aromatic N) is 5. The van der Waals surface area contributed by atoms with E-state index in [0.717, 1.165) is 29.8 Å². The molecule has 2 aromatic heterocycles. The molecule has 0 bridgehead atoms. The lowest BCUT2D eigenvalue weighted by atomic mass is 10.1. The molecule has 0 aliphatic carbocycles. The first-order valence-electron chi connectivity index (χ1n) is 7.62. The summed E-state index contributed by atoms with van der Waals surface area (Å²) >= 11 is 0. The van der Waals surface area contributed by atoms with Crippen molar-refractivity contribution in [2.45, 2.75) is 6.54 Å². The minimum absolute atomic E-state index is 0.259. The van der Waals surface area contributed by atoms with Crippen LogP contribution in [-0.2, 0) is 6.54 Å². The number of aromatic nitrogens is 4. The Morgan fingerprint density at radius 2 is 1.79 bits per heavy atom. The molecule has 0 aliphatic heterocycles. The molecule has 0 unspecified atom stereocenters. The van der Waals surface area contributed by atoms with E-state index in [9.17, 15) is 4.39 Å². The van der Waals surface area contributed by atoms with Crippen molar-refractivity contribution in [3.05, 3.63) is 73.2 Å². The van der Waals surface area contributed by atoms with Crippen molar-refractivity contribution in [1.82, 2.24) is 24.9 Å². The molecule has 0 N–H and O–H groups in total. The second-order valence-electron chi connectivity index (χ2n) is 5.48. The summed E-state index contributed by atoms with van der Waals surface area (Å²) in [5, 5.41) is 11.9. The lowest BCUT2D eigenvalue weighted by Crippen LogP contribution is -2.23. The fourth-order valence-corrected chi connectivity index (χ4v) is 2.64. The number of rotatable bonds is 7. The second kappa shape index (κ2) is 7.14. The van der Waals surface area contributed by atoms with E-state index >= 15 is 0 Å². The Kier molecular flexibility index (Phi) is 4.77. The van der Waals surface area contributed by atoms with E-state index in [1.807, 2.05) is 24.4 Å². The van der Waals surface area contributed by atoms with Crippen LogP contribution in [0.15, 0.2) is 61.8 Å². The monoisotopic (exact) mass is 323 g/mol. The zero-order valence-corrected chi connectivity index (χ0v) is 13.3. The Morgan fingerprint density at radius 1 is 1.08 bits per heavy atom. The SMILES string of the molecule is C=CCN(CC=C)Cc1cc(-c2ccc(F)cc2)cn2nnnc12. The molecule has 0 saturated heterocycles. The van der Waals surface area contributed by atoms with Gasteiger partial charge in [-0.3, -0.25) is 4.90 Å². The predicted molar refractivity (Wildman–Crippen MR) is 91.8 cm³/mol. The second-order valence-corrected chi connectivity index (χ2v) is 5.48. The number of hydrogen-bond donors (Lipinski definition) is 0. The molecule has 24 heavy (non-hydrogen) atoms. The molecule has 0 atom stereocenters. The first-order chi connectivity index (χ1) is 11.7. The summed E-state index contributed by atoms with van der Waals surface area (Å²) in [6.45, 7) is 9.72. The summed E-state index contributed by atoms with van der Waals surface area (Å²) in [6, 6.07) is 8.42. The van der Waals surface area contributed by atoms with Crippen LogP contribution in [0.3, 0.4) is 0 Å². The molecule has 2 heterocycles. The summed E-state index contributed by atoms with van der Waals surface area (Å²) in [4.78, 5) is 2.18. The Morgan fingerprint density at radius 3 is 2.46 bits per heavy atom. The highest BCUT2D eigenvalue weighted by Gasteiger charge is 2.12. The lowest BCUT2D eigenvalue weighted by Gasteiger charge is -2.19. The van der Waals surface area contributed by atoms with Gasteiger partial charge in [-0.25, -0.2) is 4.39 Å². The van der Waals surface area contributed by atoms with Gasteiger partial charge in [0.1, 0.15) is 5.82 Å². The van der Waals surface area contributed by atoms with Crippen molar-refractivity contribution in [2.75, 3.05) is 13.1 Å². The van der Waals surface area contributed by atoms with Gasteiger partial charge in [0.25, 0.3) is 0 Å². The van der Waals surface area contributed by atoms with Crippen molar-refractivity contribution < 1.29 is 4.39 Å². The summed E-state index contributed by atoms with van der Waals surface area (Å²) in [6.07, 6.45) is 5.55. The van der Waals surface area contributed by atoms with E-state index in [1.54, 1.807) is 16.6 Å². The Balaban J connectivity index is 2.02. The maximum atomic E-state index is 13.2. The summed E-state index contributed by atoms with van der Waals surface area (Å²) in [5.41, 5.74) is 3.54. The van der Waals surface area contributed by atoms with E-state index in [1.165, 1.54) is 12.1 Å². The molecule has 3 aromatic rings. The number of pyridine rings is 1. The van der Waals surface area contributed by atoms with Crippen LogP contribution in [0.5, 0.6) is 0 Å². The minimum Gasteiger partial charge on any atom is -0.292 e. The van der Waals surface area contributed by atoms with Crippen molar-refractivity contribution in [3.63, 3.8) is 0 Å². The third-order valence-electron chi connectivity index (χ3n) is 3.72. The summed E-state index contributed by atoms with van der Waals surface area (Å²) in [5.74, 6) is -0.259. The molecule has 0 radical (unpaired) electrons. The van der Waals surface area contributed by atoms with E-state index in [2.05, 4.69) is 33.6 Å². The van der Waals surface area contributed by atoms with Crippen LogP contribution in [-0.4, -0.2) is 38.0 Å². The molecule has 0 fully saturated rings. The van der Waals surface area contributed by atoms with E-state index in [4.69, 9.17) is 0 Å². The fourth-order valence-electron chi connectivity index (χ4n) is 2.64. The van der Waals surface area contributed by atoms with Gasteiger partial charge in [-0.2, -0.15) is 4.52 Å². The molecule has 1 aromatic carbocycles. The molecule has 0 amide bonds. The average Bonchev–Trinajstić information content (AvgIpc) is 3.05. The lowest BCUT2D eigenvalue weighted by molar-refractivity contribution is 0.328. The molecule has 122 valence electrons. The zero-order valence-electron chi connectivity index (χ0n) is 13.3. The zero-order chi connectivity index (χ0) is 16.9. The van der Waals surface area contributed by atoms with E-state index < -0.39 is 0 Å². The van der Waals surface area contributed by atoms with Crippen LogP contribution in [0, 0.1) is 5.82 Å². The third-order valence-corrected chi connectivity index (χ3v) is 3.72. The molecule has 5 nitrogen and oxygen atoms in total. The smallest absolute Gasteiger partial charge is 0.183 e. The van der Waals surface area contributed by atoms with Gasteiger partial charge in [0.2, 0.25) is 0 Å². The molecule has 6 heteroatoms. The molecule has 3 rings (SSSR count). The Bertz CT molecular complexity index is 843. The van der Waals surface area contributed by atoms with Crippen LogP contribution in [0.25, 0.3) is 16.8 Å². The average molecular weight is 323 g/mol. The van der Waals surface area contributed by atoms with Crippen LogP contribution in [0.2, 0.25) is 0 Å². The first-order valence-corrected chi connectivity index (χ1v) is 7.62. The first kappa shape index (κ1) is 16.0. The highest BCUT2D eigenvalue weighted by Crippen LogP contribution is 2.23. The number of halogens is 1. The number of benzene rings is 1. The third kappa shape index (κ3) is 3.38. The van der Waals surface area contributed by atoms with Crippen LogP contribution < -0.4 is 0 Å². The highest BCUT2D eigenvalue weighted by molar-refractivity contribution is 5.66. The largest absolute Gasteiger partial charge is 0.292 e. The van der Waals surface area contributed by atoms with Crippen molar-refractivity contribution >= 4 is 5.65 Å². The van der Waals surface area contributed by atoms with Gasteiger partial charge in [0, 0.05) is 37.0 Å². The van der Waals surface area contributed by atoms with Gasteiger partial charge < -0.3 is 0 Å². The van der Waals surface area contributed by atoms with Gasteiger partial charge in [0.15, 0.2) is 5.65 Å².